The largest absolute Gasteiger partial charge is 0.390 e. The van der Waals surface area contributed by atoms with Gasteiger partial charge in [0.1, 0.15) is 5.76 Å². The first kappa shape index (κ1) is 25.0. The van der Waals surface area contributed by atoms with Crippen molar-refractivity contribution in [3.63, 3.8) is 0 Å². The number of alkyl halides is 3. The van der Waals surface area contributed by atoms with Gasteiger partial charge in [-0.25, -0.2) is 0 Å². The van der Waals surface area contributed by atoms with Crippen LogP contribution in [0.4, 0.5) is 13.2 Å². The number of halogens is 3. The molecule has 3 aliphatic heterocycles. The maximum Gasteiger partial charge on any atom is 0.390 e. The molecular formula is C22H32F3N5O4S. The molecule has 0 spiro atoms. The fraction of sp³-hybridized carbons (Fsp3) is 0.818. The summed E-state index contributed by atoms with van der Waals surface area (Å²) in [5, 5.41) is 9.80. The summed E-state index contributed by atoms with van der Waals surface area (Å²) in [5.41, 5.74) is 0.265. The molecule has 0 radical (unpaired) electrons. The molecule has 9 nitrogen and oxygen atoms in total. The number of hydrogen-bond acceptors (Lipinski definition) is 6. The standard InChI is InChI=1S/C22H32F3N5O4S/c23-22(24,25)7-8-26-15-5-9-29(10-6-15)35(32,33)30-17-3-4-18(30)12-16(11-17)27-21(31)19-13-20(34-28-19)14-1-2-14/h13-18,26H,1-12H2,(H,27,31)/t16?,17-,18+. The summed E-state index contributed by atoms with van der Waals surface area (Å²) in [6.07, 6.45) is 0.587. The molecule has 1 aliphatic carbocycles. The lowest BCUT2D eigenvalue weighted by Crippen LogP contribution is -2.57. The fourth-order valence-corrected chi connectivity index (χ4v) is 7.76. The normalized spacial score (nSPS) is 28.9. The third kappa shape index (κ3) is 5.67. The van der Waals surface area contributed by atoms with E-state index in [1.807, 2.05) is 0 Å². The number of hydrogen-bond donors (Lipinski definition) is 2. The van der Waals surface area contributed by atoms with E-state index < -0.39 is 22.8 Å². The molecule has 2 bridgehead atoms. The van der Waals surface area contributed by atoms with Crippen LogP contribution in [0.15, 0.2) is 10.6 Å². The minimum atomic E-state index is -4.20. The van der Waals surface area contributed by atoms with Crippen LogP contribution >= 0.6 is 0 Å². The van der Waals surface area contributed by atoms with Crippen molar-refractivity contribution in [2.45, 2.75) is 94.0 Å². The highest BCUT2D eigenvalue weighted by atomic mass is 32.2. The summed E-state index contributed by atoms with van der Waals surface area (Å²) >= 11 is 0. The van der Waals surface area contributed by atoms with Crippen molar-refractivity contribution < 1.29 is 30.9 Å². The smallest absolute Gasteiger partial charge is 0.360 e. The maximum atomic E-state index is 13.4. The van der Waals surface area contributed by atoms with E-state index in [4.69, 9.17) is 4.52 Å². The number of carbonyl (C=O) groups is 1. The van der Waals surface area contributed by atoms with Crippen LogP contribution in [-0.4, -0.2) is 78.1 Å². The number of carbonyl (C=O) groups excluding carboxylic acids is 1. The fourth-order valence-electron chi connectivity index (χ4n) is 5.69. The van der Waals surface area contributed by atoms with Crippen molar-refractivity contribution in [3.8, 4) is 0 Å². The third-order valence-corrected chi connectivity index (χ3v) is 9.78. The van der Waals surface area contributed by atoms with Crippen molar-refractivity contribution >= 4 is 16.1 Å². The van der Waals surface area contributed by atoms with Gasteiger partial charge in [-0.05, 0) is 51.4 Å². The molecule has 0 aromatic carbocycles. The first-order valence-electron chi connectivity index (χ1n) is 12.5. The highest BCUT2D eigenvalue weighted by molar-refractivity contribution is 7.86. The molecule has 196 valence electrons. The van der Waals surface area contributed by atoms with E-state index in [0.29, 0.717) is 31.6 Å². The van der Waals surface area contributed by atoms with Crippen molar-refractivity contribution in [3.05, 3.63) is 17.5 Å². The number of aromatic nitrogens is 1. The topological polar surface area (TPSA) is 108 Å². The Hall–Kier alpha value is -1.70. The number of nitrogens with zero attached hydrogens (tertiary/aromatic N) is 3. The van der Waals surface area contributed by atoms with Crippen molar-refractivity contribution in [1.82, 2.24) is 24.4 Å². The van der Waals surface area contributed by atoms with Gasteiger partial charge in [0.25, 0.3) is 16.1 Å². The lowest BCUT2D eigenvalue weighted by molar-refractivity contribution is -0.133. The van der Waals surface area contributed by atoms with Crippen molar-refractivity contribution in [2.75, 3.05) is 19.6 Å². The Labute approximate surface area is 202 Å². The van der Waals surface area contributed by atoms with Crippen LogP contribution in [-0.2, 0) is 10.2 Å². The molecule has 3 saturated heterocycles. The van der Waals surface area contributed by atoms with Crippen LogP contribution in [0, 0.1) is 0 Å². The van der Waals surface area contributed by atoms with Gasteiger partial charge in [-0.1, -0.05) is 5.16 Å². The van der Waals surface area contributed by atoms with Crippen molar-refractivity contribution in [1.29, 1.82) is 0 Å². The summed E-state index contributed by atoms with van der Waals surface area (Å²) in [4.78, 5) is 12.6. The van der Waals surface area contributed by atoms with E-state index in [9.17, 15) is 26.4 Å². The molecule has 1 unspecified atom stereocenters. The van der Waals surface area contributed by atoms with E-state index >= 15 is 0 Å². The molecule has 35 heavy (non-hydrogen) atoms. The predicted octanol–water partition coefficient (Wildman–Crippen LogP) is 2.53. The second kappa shape index (κ2) is 9.64. The van der Waals surface area contributed by atoms with Gasteiger partial charge >= 0.3 is 6.18 Å². The van der Waals surface area contributed by atoms with Gasteiger partial charge in [-0.15, -0.1) is 0 Å². The zero-order valence-corrected chi connectivity index (χ0v) is 20.3. The minimum Gasteiger partial charge on any atom is -0.360 e. The Balaban J connectivity index is 1.13. The minimum absolute atomic E-state index is 0.113. The lowest BCUT2D eigenvalue weighted by atomic mass is 9.99. The molecule has 1 aromatic heterocycles. The van der Waals surface area contributed by atoms with Crippen molar-refractivity contribution in [2.24, 2.45) is 0 Å². The molecule has 1 saturated carbocycles. The number of rotatable bonds is 8. The van der Waals surface area contributed by atoms with Gasteiger partial charge < -0.3 is 15.2 Å². The van der Waals surface area contributed by atoms with Gasteiger partial charge in [-0.3, -0.25) is 4.79 Å². The second-order valence-electron chi connectivity index (χ2n) is 10.2. The summed E-state index contributed by atoms with van der Waals surface area (Å²) in [6, 6.07) is 1.11. The average Bonchev–Trinajstić information content (AvgIpc) is 3.45. The Kier molecular flexibility index (Phi) is 6.88. The Morgan fingerprint density at radius 1 is 1.06 bits per heavy atom. The van der Waals surface area contributed by atoms with Crippen LogP contribution in [0.5, 0.6) is 0 Å². The third-order valence-electron chi connectivity index (χ3n) is 7.63. The molecular weight excluding hydrogens is 487 g/mol. The van der Waals surface area contributed by atoms with Gasteiger partial charge in [0.15, 0.2) is 5.69 Å². The average molecular weight is 520 g/mol. The molecule has 3 atom stereocenters. The van der Waals surface area contributed by atoms with Crippen LogP contribution in [0.1, 0.15) is 80.0 Å². The van der Waals surface area contributed by atoms with Crippen LogP contribution in [0.3, 0.4) is 0 Å². The second-order valence-corrected chi connectivity index (χ2v) is 12.1. The molecule has 1 amide bonds. The van der Waals surface area contributed by atoms with E-state index in [0.717, 1.165) is 31.4 Å². The number of piperidine rings is 2. The zero-order valence-electron chi connectivity index (χ0n) is 19.5. The summed E-state index contributed by atoms with van der Waals surface area (Å²) in [6.45, 7) is 0.426. The number of fused-ring (bicyclic) bond motifs is 2. The first-order chi connectivity index (χ1) is 16.6. The molecule has 5 rings (SSSR count). The van der Waals surface area contributed by atoms with Gasteiger partial charge in [0.05, 0.1) is 6.42 Å². The van der Waals surface area contributed by atoms with E-state index in [-0.39, 0.29) is 55.4 Å². The summed E-state index contributed by atoms with van der Waals surface area (Å²) in [5.74, 6) is 0.825. The monoisotopic (exact) mass is 519 g/mol. The highest BCUT2D eigenvalue weighted by Gasteiger charge is 2.49. The SMILES string of the molecule is O=C(NC1C[C@H]2CC[C@@H](C1)N2S(=O)(=O)N1CCC(NCCC(F)(F)F)CC1)c1cc(C2CC2)on1. The lowest BCUT2D eigenvalue weighted by Gasteiger charge is -2.42. The van der Waals surface area contributed by atoms with Gasteiger partial charge in [-0.2, -0.15) is 30.2 Å². The van der Waals surface area contributed by atoms with E-state index in [1.54, 1.807) is 10.4 Å². The van der Waals surface area contributed by atoms with Crippen LogP contribution in [0.2, 0.25) is 0 Å². The molecule has 13 heteroatoms. The van der Waals surface area contributed by atoms with E-state index in [1.165, 1.54) is 4.31 Å². The van der Waals surface area contributed by atoms with E-state index in [2.05, 4.69) is 15.8 Å². The van der Waals surface area contributed by atoms with Gasteiger partial charge in [0.2, 0.25) is 0 Å². The Morgan fingerprint density at radius 3 is 2.31 bits per heavy atom. The number of nitrogens with one attached hydrogen (secondary N) is 2. The van der Waals surface area contributed by atoms with Gasteiger partial charge in [0, 0.05) is 55.8 Å². The molecule has 4 fully saturated rings. The number of amides is 1. The van der Waals surface area contributed by atoms with Crippen LogP contribution in [0.25, 0.3) is 0 Å². The molecule has 4 aliphatic rings. The maximum absolute atomic E-state index is 13.4. The first-order valence-corrected chi connectivity index (χ1v) is 13.9. The zero-order chi connectivity index (χ0) is 24.8. The molecule has 4 heterocycles. The summed E-state index contributed by atoms with van der Waals surface area (Å²) in [7, 11) is -3.67. The quantitative estimate of drug-likeness (QED) is 0.547. The Morgan fingerprint density at radius 2 is 1.71 bits per heavy atom. The Bertz CT molecular complexity index is 1010. The molecule has 1 aromatic rings. The highest BCUT2D eigenvalue weighted by Crippen LogP contribution is 2.41. The van der Waals surface area contributed by atoms with Crippen LogP contribution < -0.4 is 10.6 Å². The molecule has 2 N–H and O–H groups in total. The summed E-state index contributed by atoms with van der Waals surface area (Å²) < 4.78 is 72.3. The predicted molar refractivity (Wildman–Crippen MR) is 120 cm³/mol.